The van der Waals surface area contributed by atoms with Crippen LogP contribution in [0.4, 0.5) is 0 Å². The van der Waals surface area contributed by atoms with E-state index in [1.807, 2.05) is 7.05 Å². The number of likely N-dealkylation sites (N-methyl/N-ethyl adjacent to an activating group) is 1. The number of hydrogen-bond donors (Lipinski definition) is 0. The second kappa shape index (κ2) is 6.73. The van der Waals surface area contributed by atoms with Gasteiger partial charge < -0.3 is 9.80 Å². The number of benzene rings is 1. The molecule has 1 aliphatic heterocycles. The molecule has 0 saturated carbocycles. The van der Waals surface area contributed by atoms with Gasteiger partial charge in [0, 0.05) is 29.6 Å². The predicted octanol–water partition coefficient (Wildman–Crippen LogP) is 3.27. The largest absolute Gasteiger partial charge is 0.340 e. The highest BCUT2D eigenvalue weighted by Gasteiger charge is 2.17. The second-order valence-electron chi connectivity index (χ2n) is 4.90. The molecule has 0 atom stereocenters. The molecule has 1 saturated heterocycles. The monoisotopic (exact) mass is 344 g/mol. The number of hydrogen-bond acceptors (Lipinski definition) is 2. The maximum absolute atomic E-state index is 12.3. The van der Waals surface area contributed by atoms with Crippen LogP contribution in [0.5, 0.6) is 0 Å². The molecular weight excluding hydrogens is 328 g/mol. The maximum Gasteiger partial charge on any atom is 0.254 e. The Hall–Kier alpha value is -0.580. The van der Waals surface area contributed by atoms with E-state index in [2.05, 4.69) is 20.8 Å². The van der Waals surface area contributed by atoms with Crippen molar-refractivity contribution in [1.82, 2.24) is 9.80 Å². The van der Waals surface area contributed by atoms with Crippen molar-refractivity contribution in [1.29, 1.82) is 0 Å². The van der Waals surface area contributed by atoms with Crippen molar-refractivity contribution in [2.75, 3.05) is 33.2 Å². The quantitative estimate of drug-likeness (QED) is 0.836. The summed E-state index contributed by atoms with van der Waals surface area (Å²) in [6.07, 6.45) is 2.56. The summed E-state index contributed by atoms with van der Waals surface area (Å²) in [7, 11) is 1.85. The lowest BCUT2D eigenvalue weighted by molar-refractivity contribution is 0.0781. The third-order valence-corrected chi connectivity index (χ3v) is 4.35. The molecule has 5 heteroatoms. The Morgan fingerprint density at radius 3 is 2.74 bits per heavy atom. The molecule has 1 aromatic rings. The van der Waals surface area contributed by atoms with Gasteiger partial charge in [0.2, 0.25) is 0 Å². The van der Waals surface area contributed by atoms with Gasteiger partial charge in [-0.05, 0) is 60.1 Å². The molecule has 1 aliphatic rings. The van der Waals surface area contributed by atoms with Gasteiger partial charge in [-0.25, -0.2) is 0 Å². The van der Waals surface area contributed by atoms with Crippen molar-refractivity contribution >= 4 is 33.4 Å². The summed E-state index contributed by atoms with van der Waals surface area (Å²) in [5.41, 5.74) is 0.660. The van der Waals surface area contributed by atoms with E-state index in [0.29, 0.717) is 10.6 Å². The molecule has 2 rings (SSSR count). The highest BCUT2D eigenvalue weighted by molar-refractivity contribution is 9.10. The van der Waals surface area contributed by atoms with E-state index in [4.69, 9.17) is 11.6 Å². The highest BCUT2D eigenvalue weighted by atomic mass is 79.9. The number of nitrogens with zero attached hydrogens (tertiary/aromatic N) is 2. The maximum atomic E-state index is 12.3. The number of carbonyl (C=O) groups excluding carboxylic acids is 1. The summed E-state index contributed by atoms with van der Waals surface area (Å²) in [5.74, 6) is 0.0303. The Kier molecular flexibility index (Phi) is 5.25. The van der Waals surface area contributed by atoms with Gasteiger partial charge in [-0.15, -0.1) is 0 Å². The molecule has 1 aromatic carbocycles. The van der Waals surface area contributed by atoms with Crippen LogP contribution in [0.1, 0.15) is 23.2 Å². The van der Waals surface area contributed by atoms with Crippen molar-refractivity contribution in [3.05, 3.63) is 33.3 Å². The summed E-state index contributed by atoms with van der Waals surface area (Å²) in [6, 6.07) is 5.26. The molecular formula is C14H18BrClN2O. The fourth-order valence-corrected chi connectivity index (χ4v) is 3.12. The van der Waals surface area contributed by atoms with E-state index >= 15 is 0 Å². The Balaban J connectivity index is 1.94. The molecule has 0 unspecified atom stereocenters. The molecule has 0 aliphatic carbocycles. The minimum Gasteiger partial charge on any atom is -0.340 e. The Bertz CT molecular complexity index is 461. The van der Waals surface area contributed by atoms with Gasteiger partial charge >= 0.3 is 0 Å². The molecule has 0 aromatic heterocycles. The summed E-state index contributed by atoms with van der Waals surface area (Å²) >= 11 is 9.28. The zero-order chi connectivity index (χ0) is 13.8. The first kappa shape index (κ1) is 14.8. The van der Waals surface area contributed by atoms with Gasteiger partial charge in [-0.1, -0.05) is 11.6 Å². The smallest absolute Gasteiger partial charge is 0.254 e. The molecule has 0 spiro atoms. The summed E-state index contributed by atoms with van der Waals surface area (Å²) in [4.78, 5) is 16.5. The lowest BCUT2D eigenvalue weighted by Gasteiger charge is -2.22. The summed E-state index contributed by atoms with van der Waals surface area (Å²) < 4.78 is 0.748. The first-order chi connectivity index (χ1) is 9.08. The van der Waals surface area contributed by atoms with Crippen LogP contribution in [0.2, 0.25) is 5.02 Å². The average Bonchev–Trinajstić information content (AvgIpc) is 2.88. The van der Waals surface area contributed by atoms with Crippen molar-refractivity contribution in [3.63, 3.8) is 0 Å². The van der Waals surface area contributed by atoms with Gasteiger partial charge in [0.1, 0.15) is 0 Å². The first-order valence-corrected chi connectivity index (χ1v) is 7.68. The SMILES string of the molecule is CN(CCN1CCCC1)C(=O)c1ccc(Cl)cc1Br. The van der Waals surface area contributed by atoms with Crippen LogP contribution in [0.3, 0.4) is 0 Å². The second-order valence-corrected chi connectivity index (χ2v) is 6.19. The third kappa shape index (κ3) is 3.94. The lowest BCUT2D eigenvalue weighted by Crippen LogP contribution is -2.35. The first-order valence-electron chi connectivity index (χ1n) is 6.51. The molecule has 0 radical (unpaired) electrons. The zero-order valence-corrected chi connectivity index (χ0v) is 13.4. The van der Waals surface area contributed by atoms with E-state index in [0.717, 1.165) is 30.7 Å². The molecule has 19 heavy (non-hydrogen) atoms. The molecule has 104 valence electrons. The molecule has 1 heterocycles. The number of halogens is 2. The number of amides is 1. The lowest BCUT2D eigenvalue weighted by atomic mass is 10.2. The zero-order valence-electron chi connectivity index (χ0n) is 11.0. The number of likely N-dealkylation sites (tertiary alicyclic amines) is 1. The Morgan fingerprint density at radius 1 is 1.42 bits per heavy atom. The predicted molar refractivity (Wildman–Crippen MR) is 81.8 cm³/mol. The van der Waals surface area contributed by atoms with E-state index in [-0.39, 0.29) is 5.91 Å². The van der Waals surface area contributed by atoms with Crippen LogP contribution in [0.15, 0.2) is 22.7 Å². The molecule has 3 nitrogen and oxygen atoms in total. The van der Waals surface area contributed by atoms with E-state index in [1.165, 1.54) is 12.8 Å². The van der Waals surface area contributed by atoms with Gasteiger partial charge in [0.25, 0.3) is 5.91 Å². The van der Waals surface area contributed by atoms with Gasteiger partial charge in [0.05, 0.1) is 5.56 Å². The van der Waals surface area contributed by atoms with Gasteiger partial charge in [-0.3, -0.25) is 4.79 Å². The Labute approximate surface area is 127 Å². The van der Waals surface area contributed by atoms with Crippen molar-refractivity contribution in [2.24, 2.45) is 0 Å². The van der Waals surface area contributed by atoms with Gasteiger partial charge in [0.15, 0.2) is 0 Å². The fourth-order valence-electron chi connectivity index (χ4n) is 2.27. The third-order valence-electron chi connectivity index (χ3n) is 3.46. The summed E-state index contributed by atoms with van der Waals surface area (Å²) in [5, 5.41) is 0.628. The van der Waals surface area contributed by atoms with Crippen LogP contribution in [-0.2, 0) is 0 Å². The van der Waals surface area contributed by atoms with Gasteiger partial charge in [-0.2, -0.15) is 0 Å². The van der Waals surface area contributed by atoms with Crippen LogP contribution in [0, 0.1) is 0 Å². The molecule has 1 amide bonds. The van der Waals surface area contributed by atoms with E-state index in [1.54, 1.807) is 23.1 Å². The highest BCUT2D eigenvalue weighted by Crippen LogP contribution is 2.22. The number of rotatable bonds is 4. The molecule has 1 fully saturated rings. The Morgan fingerprint density at radius 2 is 2.11 bits per heavy atom. The minimum absolute atomic E-state index is 0.0303. The molecule has 0 N–H and O–H groups in total. The van der Waals surface area contributed by atoms with E-state index in [9.17, 15) is 4.79 Å². The van der Waals surface area contributed by atoms with Crippen molar-refractivity contribution < 1.29 is 4.79 Å². The van der Waals surface area contributed by atoms with Crippen LogP contribution >= 0.6 is 27.5 Å². The standard InChI is InChI=1S/C14H18BrClN2O/c1-17(8-9-18-6-2-3-7-18)14(19)12-5-4-11(16)10-13(12)15/h4-5,10H,2-3,6-9H2,1H3. The molecule has 0 bridgehead atoms. The van der Waals surface area contributed by atoms with Crippen molar-refractivity contribution in [3.8, 4) is 0 Å². The topological polar surface area (TPSA) is 23.6 Å². The summed E-state index contributed by atoms with van der Waals surface area (Å²) in [6.45, 7) is 4.03. The van der Waals surface area contributed by atoms with Crippen LogP contribution < -0.4 is 0 Å². The minimum atomic E-state index is 0.0303. The average molecular weight is 346 g/mol. The number of carbonyl (C=O) groups is 1. The van der Waals surface area contributed by atoms with Crippen LogP contribution in [0.25, 0.3) is 0 Å². The fraction of sp³-hybridized carbons (Fsp3) is 0.500. The normalized spacial score (nSPS) is 15.7. The van der Waals surface area contributed by atoms with Crippen molar-refractivity contribution in [2.45, 2.75) is 12.8 Å². The van der Waals surface area contributed by atoms with E-state index < -0.39 is 0 Å². The van der Waals surface area contributed by atoms with Crippen LogP contribution in [-0.4, -0.2) is 48.9 Å².